The summed E-state index contributed by atoms with van der Waals surface area (Å²) in [4.78, 5) is 3.90. The number of rotatable bonds is 4. The number of aryl methyl sites for hydroxylation is 2. The highest BCUT2D eigenvalue weighted by Crippen LogP contribution is 2.24. The third-order valence-corrected chi connectivity index (χ3v) is 2.46. The fourth-order valence-electron chi connectivity index (χ4n) is 1.64. The van der Waals surface area contributed by atoms with Crippen molar-refractivity contribution in [2.24, 2.45) is 7.05 Å². The van der Waals surface area contributed by atoms with Crippen LogP contribution in [0.5, 0.6) is 11.8 Å². The van der Waals surface area contributed by atoms with E-state index in [2.05, 4.69) is 15.4 Å². The maximum absolute atomic E-state index is 14.0. The Labute approximate surface area is 105 Å². The summed E-state index contributed by atoms with van der Waals surface area (Å²) in [5.74, 6) is -0.0306. The molecular weight excluding hydrogens is 235 g/mol. The van der Waals surface area contributed by atoms with Crippen molar-refractivity contribution in [3.63, 3.8) is 0 Å². The third kappa shape index (κ3) is 2.48. The number of aromatic nitrogens is 3. The number of halogens is 1. The predicted octanol–water partition coefficient (Wildman–Crippen LogP) is 1.77. The van der Waals surface area contributed by atoms with Gasteiger partial charge in [-0.05, 0) is 20.0 Å². The second-order valence-electron chi connectivity index (χ2n) is 3.97. The van der Waals surface area contributed by atoms with E-state index in [4.69, 9.17) is 4.74 Å². The predicted molar refractivity (Wildman–Crippen MR) is 65.0 cm³/mol. The molecule has 2 heterocycles. The van der Waals surface area contributed by atoms with E-state index in [1.807, 2.05) is 6.92 Å². The van der Waals surface area contributed by atoms with Gasteiger partial charge in [0.15, 0.2) is 5.82 Å². The Kier molecular flexibility index (Phi) is 3.57. The van der Waals surface area contributed by atoms with Gasteiger partial charge in [-0.3, -0.25) is 0 Å². The highest BCUT2D eigenvalue weighted by Gasteiger charge is 2.13. The van der Waals surface area contributed by atoms with Crippen LogP contribution < -0.4 is 10.1 Å². The third-order valence-electron chi connectivity index (χ3n) is 2.46. The van der Waals surface area contributed by atoms with Gasteiger partial charge in [-0.1, -0.05) is 0 Å². The molecule has 0 aromatic carbocycles. The van der Waals surface area contributed by atoms with Crippen molar-refractivity contribution in [1.82, 2.24) is 20.1 Å². The first-order valence-electron chi connectivity index (χ1n) is 5.58. The van der Waals surface area contributed by atoms with E-state index in [9.17, 15) is 4.39 Å². The summed E-state index contributed by atoms with van der Waals surface area (Å²) < 4.78 is 21.0. The maximum Gasteiger partial charge on any atom is 0.257 e. The van der Waals surface area contributed by atoms with Crippen molar-refractivity contribution in [3.8, 4) is 11.8 Å². The second-order valence-corrected chi connectivity index (χ2v) is 3.97. The molecule has 0 aliphatic rings. The Hall–Kier alpha value is -1.95. The van der Waals surface area contributed by atoms with Crippen LogP contribution in [0.25, 0.3) is 0 Å². The first-order chi connectivity index (χ1) is 8.61. The van der Waals surface area contributed by atoms with Crippen molar-refractivity contribution >= 4 is 0 Å². The van der Waals surface area contributed by atoms with E-state index in [1.54, 1.807) is 30.9 Å². The van der Waals surface area contributed by atoms with Crippen molar-refractivity contribution in [2.45, 2.75) is 13.5 Å². The minimum absolute atomic E-state index is 0.0363. The zero-order valence-electron chi connectivity index (χ0n) is 10.6. The highest BCUT2D eigenvalue weighted by molar-refractivity contribution is 5.27. The van der Waals surface area contributed by atoms with Crippen molar-refractivity contribution in [2.75, 3.05) is 7.05 Å². The van der Waals surface area contributed by atoms with Gasteiger partial charge in [-0.2, -0.15) is 5.10 Å². The summed E-state index contributed by atoms with van der Waals surface area (Å²) in [6.07, 6.45) is 1.52. The fraction of sp³-hybridized carbons (Fsp3) is 0.333. The molecule has 0 spiro atoms. The normalized spacial score (nSPS) is 10.7. The Morgan fingerprint density at radius 1 is 1.50 bits per heavy atom. The monoisotopic (exact) mass is 250 g/mol. The lowest BCUT2D eigenvalue weighted by Gasteiger charge is -2.08. The average Bonchev–Trinajstić information content (AvgIpc) is 2.63. The topological polar surface area (TPSA) is 52.0 Å². The van der Waals surface area contributed by atoms with Gasteiger partial charge in [0.05, 0.1) is 5.69 Å². The van der Waals surface area contributed by atoms with Crippen LogP contribution in [0.1, 0.15) is 11.3 Å². The lowest BCUT2D eigenvalue weighted by atomic mass is 10.2. The van der Waals surface area contributed by atoms with Gasteiger partial charge in [-0.15, -0.1) is 0 Å². The molecule has 0 aliphatic carbocycles. The van der Waals surface area contributed by atoms with E-state index >= 15 is 0 Å². The number of ether oxygens (including phenoxy) is 1. The van der Waals surface area contributed by atoms with Crippen molar-refractivity contribution < 1.29 is 9.13 Å². The Bertz CT molecular complexity index is 553. The molecule has 0 fully saturated rings. The van der Waals surface area contributed by atoms with Crippen LogP contribution in [0, 0.1) is 12.7 Å². The summed E-state index contributed by atoms with van der Waals surface area (Å²) in [7, 11) is 3.49. The maximum atomic E-state index is 14.0. The largest absolute Gasteiger partial charge is 0.418 e. The molecule has 0 saturated carbocycles. The SMILES string of the molecule is CNCc1ccnc(Oc2cc(C)nn2C)c1F. The molecule has 0 atom stereocenters. The summed E-state index contributed by atoms with van der Waals surface area (Å²) in [5.41, 5.74) is 1.32. The van der Waals surface area contributed by atoms with E-state index < -0.39 is 5.82 Å². The average molecular weight is 250 g/mol. The number of nitrogens with zero attached hydrogens (tertiary/aromatic N) is 3. The fourth-order valence-corrected chi connectivity index (χ4v) is 1.64. The molecule has 18 heavy (non-hydrogen) atoms. The van der Waals surface area contributed by atoms with Crippen LogP contribution in [0.2, 0.25) is 0 Å². The summed E-state index contributed by atoms with van der Waals surface area (Å²) in [6.45, 7) is 2.27. The van der Waals surface area contributed by atoms with Crippen LogP contribution in [-0.2, 0) is 13.6 Å². The van der Waals surface area contributed by atoms with Crippen LogP contribution in [0.4, 0.5) is 4.39 Å². The molecular formula is C12H15FN4O. The lowest BCUT2D eigenvalue weighted by molar-refractivity contribution is 0.384. The molecule has 2 rings (SSSR count). The van der Waals surface area contributed by atoms with E-state index in [1.165, 1.54) is 6.20 Å². The summed E-state index contributed by atoms with van der Waals surface area (Å²) in [6, 6.07) is 3.35. The quantitative estimate of drug-likeness (QED) is 0.898. The molecule has 0 amide bonds. The molecule has 6 heteroatoms. The minimum Gasteiger partial charge on any atom is -0.418 e. The minimum atomic E-state index is -0.453. The molecule has 0 radical (unpaired) electrons. The number of hydrogen-bond donors (Lipinski definition) is 1. The van der Waals surface area contributed by atoms with Gasteiger partial charge >= 0.3 is 0 Å². The van der Waals surface area contributed by atoms with Crippen molar-refractivity contribution in [3.05, 3.63) is 35.4 Å². The Morgan fingerprint density at radius 2 is 2.28 bits per heavy atom. The molecule has 2 aromatic rings. The molecule has 2 aromatic heterocycles. The van der Waals surface area contributed by atoms with Gasteiger partial charge in [0, 0.05) is 31.4 Å². The van der Waals surface area contributed by atoms with Crippen molar-refractivity contribution in [1.29, 1.82) is 0 Å². The molecule has 96 valence electrons. The van der Waals surface area contributed by atoms with E-state index in [0.29, 0.717) is 18.0 Å². The summed E-state index contributed by atoms with van der Waals surface area (Å²) >= 11 is 0. The molecule has 0 saturated heterocycles. The first kappa shape index (κ1) is 12.5. The molecule has 0 aliphatic heterocycles. The highest BCUT2D eigenvalue weighted by atomic mass is 19.1. The van der Waals surface area contributed by atoms with Crippen LogP contribution in [-0.4, -0.2) is 21.8 Å². The molecule has 0 unspecified atom stereocenters. The van der Waals surface area contributed by atoms with E-state index in [0.717, 1.165) is 5.69 Å². The van der Waals surface area contributed by atoms with Gasteiger partial charge in [0.1, 0.15) is 0 Å². The molecule has 1 N–H and O–H groups in total. The van der Waals surface area contributed by atoms with E-state index in [-0.39, 0.29) is 5.88 Å². The lowest BCUT2D eigenvalue weighted by Crippen LogP contribution is -2.08. The molecule has 0 bridgehead atoms. The number of hydrogen-bond acceptors (Lipinski definition) is 4. The van der Waals surface area contributed by atoms with Crippen LogP contribution >= 0.6 is 0 Å². The summed E-state index contributed by atoms with van der Waals surface area (Å²) in [5, 5.41) is 7.02. The van der Waals surface area contributed by atoms with Crippen LogP contribution in [0.15, 0.2) is 18.3 Å². The van der Waals surface area contributed by atoms with Gasteiger partial charge in [0.25, 0.3) is 5.88 Å². The second kappa shape index (κ2) is 5.14. The Morgan fingerprint density at radius 3 is 2.89 bits per heavy atom. The number of pyridine rings is 1. The van der Waals surface area contributed by atoms with Crippen LogP contribution in [0.3, 0.4) is 0 Å². The van der Waals surface area contributed by atoms with Gasteiger partial charge in [-0.25, -0.2) is 14.1 Å². The zero-order chi connectivity index (χ0) is 13.1. The zero-order valence-corrected chi connectivity index (χ0v) is 10.6. The molecule has 5 nitrogen and oxygen atoms in total. The first-order valence-corrected chi connectivity index (χ1v) is 5.58. The van der Waals surface area contributed by atoms with Gasteiger partial charge in [0.2, 0.25) is 5.88 Å². The standard InChI is InChI=1S/C12H15FN4O/c1-8-6-10(17(3)16-8)18-12-11(13)9(7-14-2)4-5-15-12/h4-6,14H,7H2,1-3H3. The Balaban J connectivity index is 2.29. The van der Waals surface area contributed by atoms with Gasteiger partial charge < -0.3 is 10.1 Å². The smallest absolute Gasteiger partial charge is 0.257 e. The number of nitrogens with one attached hydrogen (secondary N) is 1.